The molecule has 0 aliphatic carbocycles. The predicted octanol–water partition coefficient (Wildman–Crippen LogP) is 5.70. The van der Waals surface area contributed by atoms with Crippen molar-refractivity contribution in [2.45, 2.75) is 84.8 Å². The minimum atomic E-state index is -4.30. The first-order chi connectivity index (χ1) is 14.8. The second kappa shape index (κ2) is 17.1. The van der Waals surface area contributed by atoms with Crippen LogP contribution in [0.2, 0.25) is 0 Å². The Morgan fingerprint density at radius 3 is 1.68 bits per heavy atom. The Hall–Kier alpha value is -1.53. The van der Waals surface area contributed by atoms with E-state index in [-0.39, 0.29) is 5.69 Å². The molecule has 0 saturated carbocycles. The minimum absolute atomic E-state index is 0.279. The Kier molecular flexibility index (Phi) is 16.2. The molecule has 178 valence electrons. The van der Waals surface area contributed by atoms with Gasteiger partial charge in [0.25, 0.3) is 0 Å². The number of unbranched alkanes of at least 4 members (excludes halogenated alkanes) is 4. The lowest BCUT2D eigenvalue weighted by Crippen LogP contribution is -2.50. The summed E-state index contributed by atoms with van der Waals surface area (Å²) in [6.45, 7) is 15.0. The first-order valence-electron chi connectivity index (χ1n) is 11.7. The molecule has 6 nitrogen and oxygen atoms in total. The molecule has 0 bridgehead atoms. The van der Waals surface area contributed by atoms with Crippen molar-refractivity contribution >= 4 is 21.9 Å². The summed E-state index contributed by atoms with van der Waals surface area (Å²) in [5, 5.41) is 0. The second-order valence-corrected chi connectivity index (χ2v) is 9.63. The van der Waals surface area contributed by atoms with E-state index in [4.69, 9.17) is 0 Å². The molecule has 0 aromatic heterocycles. The van der Waals surface area contributed by atoms with E-state index in [2.05, 4.69) is 32.7 Å². The highest BCUT2D eigenvalue weighted by molar-refractivity contribution is 7.84. The third kappa shape index (κ3) is 15.0. The zero-order valence-corrected chi connectivity index (χ0v) is 20.8. The van der Waals surface area contributed by atoms with Gasteiger partial charge in [0.15, 0.2) is 0 Å². The van der Waals surface area contributed by atoms with Crippen LogP contribution in [0.5, 0.6) is 0 Å². The molecule has 0 atom stereocenters. The van der Waals surface area contributed by atoms with Crippen molar-refractivity contribution in [1.29, 1.82) is 0 Å². The Morgan fingerprint density at radius 2 is 1.32 bits per heavy atom. The van der Waals surface area contributed by atoms with Crippen LogP contribution in [0.4, 0.5) is 5.69 Å². The number of quaternary nitrogens is 1. The fourth-order valence-electron chi connectivity index (χ4n) is 3.62. The summed E-state index contributed by atoms with van der Waals surface area (Å²) >= 11 is 0. The van der Waals surface area contributed by atoms with Crippen LogP contribution in [-0.2, 0) is 20.7 Å². The molecule has 0 aliphatic rings. The second-order valence-electron chi connectivity index (χ2n) is 8.23. The highest BCUT2D eigenvalue weighted by atomic mass is 32.2. The smallest absolute Gasteiger partial charge is 0.240 e. The number of rotatable bonds is 15. The minimum Gasteiger partial charge on any atom is -0.748 e. The van der Waals surface area contributed by atoms with Gasteiger partial charge in [-0.25, -0.2) is 13.2 Å². The Morgan fingerprint density at radius 1 is 0.871 bits per heavy atom. The van der Waals surface area contributed by atoms with Crippen LogP contribution in [0.1, 0.15) is 84.6 Å². The molecule has 7 heteroatoms. The fourth-order valence-corrected chi connectivity index (χ4v) is 4.21. The summed E-state index contributed by atoms with van der Waals surface area (Å²) in [4.78, 5) is 13.2. The standard InChI is InChI=1S/C16H36N.C8H7NO4S/c1-5-9-13-17(14-10-6-2,15-11-7-3)16-12-8-4;10-6-9-8-3-1-2-7(4-8)5-14(11,12)13/h5-16H2,1-4H3;1-4H,5H2,(H,11,12,13)/q+1;/p-1. The quantitative estimate of drug-likeness (QED) is 0.147. The van der Waals surface area contributed by atoms with Gasteiger partial charge in [0.2, 0.25) is 6.08 Å². The molecule has 1 aromatic rings. The molecule has 0 amide bonds. The van der Waals surface area contributed by atoms with Crippen molar-refractivity contribution < 1.29 is 22.2 Å². The highest BCUT2D eigenvalue weighted by Gasteiger charge is 2.24. The van der Waals surface area contributed by atoms with Crippen LogP contribution in [0.15, 0.2) is 29.3 Å². The van der Waals surface area contributed by atoms with Gasteiger partial charge in [-0.1, -0.05) is 65.5 Å². The van der Waals surface area contributed by atoms with Gasteiger partial charge in [0.05, 0.1) is 47.7 Å². The summed E-state index contributed by atoms with van der Waals surface area (Å²) in [5.74, 6) is -0.602. The summed E-state index contributed by atoms with van der Waals surface area (Å²) in [6.07, 6.45) is 12.4. The molecule has 0 unspecified atom stereocenters. The van der Waals surface area contributed by atoms with Crippen LogP contribution in [0, 0.1) is 0 Å². The molecule has 0 heterocycles. The molecule has 31 heavy (non-hydrogen) atoms. The van der Waals surface area contributed by atoms with Gasteiger partial charge in [-0.15, -0.1) is 0 Å². The lowest BCUT2D eigenvalue weighted by molar-refractivity contribution is -0.929. The van der Waals surface area contributed by atoms with Crippen LogP contribution in [-0.4, -0.2) is 49.7 Å². The van der Waals surface area contributed by atoms with Crippen LogP contribution in [0.3, 0.4) is 0 Å². The maximum absolute atomic E-state index is 10.4. The average Bonchev–Trinajstić information content (AvgIpc) is 2.72. The Bertz CT molecular complexity index is 706. The van der Waals surface area contributed by atoms with Gasteiger partial charge in [-0.05, 0) is 43.4 Å². The van der Waals surface area contributed by atoms with Crippen LogP contribution in [0.25, 0.3) is 0 Å². The Labute approximate surface area is 190 Å². The van der Waals surface area contributed by atoms with E-state index in [1.165, 1.54) is 112 Å². The van der Waals surface area contributed by atoms with Gasteiger partial charge >= 0.3 is 0 Å². The van der Waals surface area contributed by atoms with Gasteiger partial charge in [-0.3, -0.25) is 0 Å². The Balaban J connectivity index is 0.000000590. The first-order valence-corrected chi connectivity index (χ1v) is 13.3. The fraction of sp³-hybridized carbons (Fsp3) is 0.708. The van der Waals surface area contributed by atoms with E-state index < -0.39 is 15.9 Å². The van der Waals surface area contributed by atoms with Crippen molar-refractivity contribution in [3.63, 3.8) is 0 Å². The van der Waals surface area contributed by atoms with E-state index in [9.17, 15) is 17.8 Å². The van der Waals surface area contributed by atoms with Gasteiger partial charge in [0.1, 0.15) is 0 Å². The molecule has 0 spiro atoms. The topological polar surface area (TPSA) is 86.6 Å². The van der Waals surface area contributed by atoms with Gasteiger partial charge in [0, 0.05) is 0 Å². The molecule has 0 N–H and O–H groups in total. The number of isocyanates is 1. The number of hydrogen-bond acceptors (Lipinski definition) is 5. The molecular weight excluding hydrogens is 412 g/mol. The van der Waals surface area contributed by atoms with E-state index in [1.54, 1.807) is 0 Å². The van der Waals surface area contributed by atoms with Gasteiger partial charge < -0.3 is 9.04 Å². The average molecular weight is 455 g/mol. The predicted molar refractivity (Wildman–Crippen MR) is 127 cm³/mol. The van der Waals surface area contributed by atoms with E-state index in [0.717, 1.165) is 0 Å². The van der Waals surface area contributed by atoms with Crippen molar-refractivity contribution in [2.24, 2.45) is 4.99 Å². The van der Waals surface area contributed by atoms with Gasteiger partial charge in [-0.2, -0.15) is 4.99 Å². The monoisotopic (exact) mass is 454 g/mol. The van der Waals surface area contributed by atoms with Crippen molar-refractivity contribution in [3.05, 3.63) is 29.8 Å². The maximum atomic E-state index is 10.4. The molecule has 0 saturated heterocycles. The summed E-state index contributed by atoms with van der Waals surface area (Å²) in [7, 11) is -4.30. The third-order valence-corrected chi connectivity index (χ3v) is 6.06. The van der Waals surface area contributed by atoms with Crippen LogP contribution < -0.4 is 0 Å². The van der Waals surface area contributed by atoms with Crippen molar-refractivity contribution in [3.8, 4) is 0 Å². The normalized spacial score (nSPS) is 11.4. The van der Waals surface area contributed by atoms with E-state index in [0.29, 0.717) is 5.56 Å². The largest absolute Gasteiger partial charge is 0.748 e. The first kappa shape index (κ1) is 29.5. The molecule has 1 rings (SSSR count). The molecule has 0 radical (unpaired) electrons. The zero-order valence-electron chi connectivity index (χ0n) is 19.9. The summed E-state index contributed by atoms with van der Waals surface area (Å²) < 4.78 is 32.6. The lowest BCUT2D eigenvalue weighted by atomic mass is 10.1. The maximum Gasteiger partial charge on any atom is 0.240 e. The number of benzene rings is 1. The van der Waals surface area contributed by atoms with Crippen molar-refractivity contribution in [1.82, 2.24) is 0 Å². The molecule has 0 aliphatic heterocycles. The molecule has 1 aromatic carbocycles. The third-order valence-electron chi connectivity index (χ3n) is 5.37. The van der Waals surface area contributed by atoms with E-state index in [1.807, 2.05) is 0 Å². The number of hydrogen-bond donors (Lipinski definition) is 0. The summed E-state index contributed by atoms with van der Waals surface area (Å²) in [5.41, 5.74) is 0.581. The van der Waals surface area contributed by atoms with Crippen LogP contribution >= 0.6 is 0 Å². The molecular formula is C24H42N2O4S. The SMILES string of the molecule is CCCC[N+](CCCC)(CCCC)CCCC.O=C=Nc1cccc(CS(=O)(=O)[O-])c1. The number of nitrogens with zero attached hydrogens (tertiary/aromatic N) is 2. The van der Waals surface area contributed by atoms with E-state index >= 15 is 0 Å². The zero-order chi connectivity index (χ0) is 23.6. The lowest BCUT2D eigenvalue weighted by Gasteiger charge is -2.39. The number of aliphatic imine (C=N–C) groups is 1. The molecule has 0 fully saturated rings. The highest BCUT2D eigenvalue weighted by Crippen LogP contribution is 2.17. The summed E-state index contributed by atoms with van der Waals surface area (Å²) in [6, 6.07) is 5.84. The number of carbonyl (C=O) groups excluding carboxylic acids is 1. The van der Waals surface area contributed by atoms with Crippen molar-refractivity contribution in [2.75, 3.05) is 26.2 Å².